The monoisotopic (exact) mass is 294 g/mol. The highest BCUT2D eigenvalue weighted by Gasteiger charge is 2.23. The molecule has 116 valence electrons. The number of hydrogen-bond acceptors (Lipinski definition) is 2. The summed E-state index contributed by atoms with van der Waals surface area (Å²) in [5.41, 5.74) is 5.02. The van der Waals surface area contributed by atoms with E-state index in [4.69, 9.17) is 0 Å². The minimum atomic E-state index is -0.301. The van der Waals surface area contributed by atoms with Gasteiger partial charge >= 0.3 is 0 Å². The molecular formula is C20H26N2. The van der Waals surface area contributed by atoms with E-state index in [0.717, 1.165) is 18.4 Å². The van der Waals surface area contributed by atoms with E-state index in [0.29, 0.717) is 11.8 Å². The first-order valence-electron chi connectivity index (χ1n) is 8.19. The van der Waals surface area contributed by atoms with Crippen molar-refractivity contribution in [3.05, 3.63) is 58.8 Å². The summed E-state index contributed by atoms with van der Waals surface area (Å²) in [7, 11) is 0. The van der Waals surface area contributed by atoms with E-state index in [2.05, 4.69) is 45.2 Å². The van der Waals surface area contributed by atoms with Crippen LogP contribution >= 0.6 is 0 Å². The van der Waals surface area contributed by atoms with E-state index >= 15 is 0 Å². The van der Waals surface area contributed by atoms with Crippen LogP contribution in [-0.4, -0.2) is 0 Å². The molecule has 2 rings (SSSR count). The van der Waals surface area contributed by atoms with E-state index in [-0.39, 0.29) is 6.04 Å². The van der Waals surface area contributed by atoms with Gasteiger partial charge in [-0.1, -0.05) is 64.1 Å². The van der Waals surface area contributed by atoms with Gasteiger partial charge in [0.25, 0.3) is 0 Å². The molecule has 1 N–H and O–H groups in total. The van der Waals surface area contributed by atoms with E-state index in [1.165, 1.54) is 16.8 Å². The molecule has 0 spiro atoms. The fourth-order valence-corrected chi connectivity index (χ4v) is 3.05. The average molecular weight is 294 g/mol. The number of allylic oxidation sites excluding steroid dienone is 3. The zero-order valence-corrected chi connectivity index (χ0v) is 14.1. The molecule has 0 heterocycles. The van der Waals surface area contributed by atoms with Gasteiger partial charge in [-0.05, 0) is 41.4 Å². The lowest BCUT2D eigenvalue weighted by atomic mass is 9.84. The van der Waals surface area contributed by atoms with Crippen molar-refractivity contribution in [2.75, 3.05) is 0 Å². The fraction of sp³-hybridized carbons (Fsp3) is 0.450. The molecule has 0 bridgehead atoms. The maximum atomic E-state index is 9.61. The molecule has 0 fully saturated rings. The van der Waals surface area contributed by atoms with Gasteiger partial charge in [0.15, 0.2) is 0 Å². The van der Waals surface area contributed by atoms with Gasteiger partial charge in [0.2, 0.25) is 0 Å². The smallest absolute Gasteiger partial charge is 0.140 e. The largest absolute Gasteiger partial charge is 0.366 e. The van der Waals surface area contributed by atoms with Crippen LogP contribution in [0.15, 0.2) is 53.3 Å². The first-order valence-corrected chi connectivity index (χ1v) is 8.19. The second-order valence-corrected chi connectivity index (χ2v) is 6.52. The Labute approximate surface area is 134 Å². The van der Waals surface area contributed by atoms with Crippen molar-refractivity contribution >= 4 is 0 Å². The van der Waals surface area contributed by atoms with Crippen LogP contribution in [0, 0.1) is 23.2 Å². The zero-order valence-electron chi connectivity index (χ0n) is 14.1. The van der Waals surface area contributed by atoms with Crippen LogP contribution in [0.25, 0.3) is 0 Å². The third-order valence-electron chi connectivity index (χ3n) is 4.26. The number of hydrogen-bond donors (Lipinski definition) is 1. The summed E-state index contributed by atoms with van der Waals surface area (Å²) < 4.78 is 0. The van der Waals surface area contributed by atoms with Crippen LogP contribution in [0.4, 0.5) is 0 Å². The molecule has 1 atom stereocenters. The van der Waals surface area contributed by atoms with Gasteiger partial charge in [-0.15, -0.1) is 0 Å². The van der Waals surface area contributed by atoms with Gasteiger partial charge in [0.05, 0.1) is 6.07 Å². The minimum Gasteiger partial charge on any atom is -0.366 e. The van der Waals surface area contributed by atoms with Crippen molar-refractivity contribution in [2.24, 2.45) is 11.8 Å². The molecule has 0 radical (unpaired) electrons. The Balaban J connectivity index is 2.37. The molecule has 2 heteroatoms. The van der Waals surface area contributed by atoms with Crippen molar-refractivity contribution in [3.8, 4) is 6.07 Å². The molecule has 0 amide bonds. The van der Waals surface area contributed by atoms with Crippen molar-refractivity contribution < 1.29 is 0 Å². The summed E-state index contributed by atoms with van der Waals surface area (Å²) in [5, 5.41) is 13.1. The number of nitrogens with one attached hydrogen (secondary N) is 1. The molecule has 0 aliphatic heterocycles. The maximum Gasteiger partial charge on any atom is 0.140 e. The van der Waals surface area contributed by atoms with Crippen LogP contribution in [0.3, 0.4) is 0 Å². The predicted molar refractivity (Wildman–Crippen MR) is 92.0 cm³/mol. The Morgan fingerprint density at radius 1 is 1.05 bits per heavy atom. The van der Waals surface area contributed by atoms with Crippen molar-refractivity contribution in [1.29, 1.82) is 5.26 Å². The first-order chi connectivity index (χ1) is 10.5. The third kappa shape index (κ3) is 3.60. The van der Waals surface area contributed by atoms with Gasteiger partial charge in [0, 0.05) is 5.70 Å². The summed E-state index contributed by atoms with van der Waals surface area (Å²) in [6, 6.07) is 12.1. The summed E-state index contributed by atoms with van der Waals surface area (Å²) in [6.45, 7) is 8.93. The fourth-order valence-electron chi connectivity index (χ4n) is 3.05. The Kier molecular flexibility index (Phi) is 5.44. The maximum absolute atomic E-state index is 9.61. The van der Waals surface area contributed by atoms with Gasteiger partial charge in [-0.25, -0.2) is 0 Å². The number of benzene rings is 1. The molecule has 22 heavy (non-hydrogen) atoms. The lowest BCUT2D eigenvalue weighted by Crippen LogP contribution is -2.26. The Morgan fingerprint density at radius 3 is 2.27 bits per heavy atom. The van der Waals surface area contributed by atoms with Gasteiger partial charge in [-0.2, -0.15) is 5.26 Å². The summed E-state index contributed by atoms with van der Waals surface area (Å²) >= 11 is 0. The highest BCUT2D eigenvalue weighted by Crippen LogP contribution is 2.33. The van der Waals surface area contributed by atoms with Gasteiger partial charge in [-0.3, -0.25) is 0 Å². The zero-order chi connectivity index (χ0) is 16.1. The third-order valence-corrected chi connectivity index (χ3v) is 4.26. The number of nitrogens with zero attached hydrogens (tertiary/aromatic N) is 1. The van der Waals surface area contributed by atoms with Crippen LogP contribution < -0.4 is 5.32 Å². The predicted octanol–water partition coefficient (Wildman–Crippen LogP) is 5.13. The Hall–Kier alpha value is -2.01. The lowest BCUT2D eigenvalue weighted by Gasteiger charge is -2.29. The Bertz CT molecular complexity index is 600. The number of rotatable bonds is 5. The lowest BCUT2D eigenvalue weighted by molar-refractivity contribution is 0.611. The second kappa shape index (κ2) is 7.31. The molecule has 1 aromatic rings. The van der Waals surface area contributed by atoms with Crippen LogP contribution in [-0.2, 0) is 0 Å². The van der Waals surface area contributed by atoms with E-state index in [9.17, 15) is 5.26 Å². The van der Waals surface area contributed by atoms with Crippen molar-refractivity contribution in [1.82, 2.24) is 5.32 Å². The quantitative estimate of drug-likeness (QED) is 0.817. The molecule has 0 aromatic heterocycles. The molecule has 0 saturated carbocycles. The number of nitriles is 1. The molecule has 1 aliphatic carbocycles. The molecule has 1 unspecified atom stereocenters. The summed E-state index contributed by atoms with van der Waals surface area (Å²) in [4.78, 5) is 0. The molecule has 2 nitrogen and oxygen atoms in total. The highest BCUT2D eigenvalue weighted by atomic mass is 14.9. The minimum absolute atomic E-state index is 0.301. The van der Waals surface area contributed by atoms with E-state index < -0.39 is 0 Å². The molecule has 1 aliphatic rings. The molecular weight excluding hydrogens is 268 g/mol. The van der Waals surface area contributed by atoms with Crippen LogP contribution in [0.2, 0.25) is 0 Å². The Morgan fingerprint density at radius 2 is 1.73 bits per heavy atom. The van der Waals surface area contributed by atoms with Crippen molar-refractivity contribution in [3.63, 3.8) is 0 Å². The van der Waals surface area contributed by atoms with Gasteiger partial charge < -0.3 is 5.32 Å². The normalized spacial score (nSPS) is 16.5. The van der Waals surface area contributed by atoms with E-state index in [1.54, 1.807) is 0 Å². The topological polar surface area (TPSA) is 35.8 Å². The second-order valence-electron chi connectivity index (χ2n) is 6.52. The summed E-state index contributed by atoms with van der Waals surface area (Å²) in [6.07, 6.45) is 4.52. The first kappa shape index (κ1) is 16.4. The standard InChI is InChI=1S/C20H26N2/c1-14(2)17-11-8-12-18(15(3)4)20(17)22-19(13-21)16-9-6-5-7-10-16/h5-7,9-11,14-15,19,22H,8,12H2,1-4H3. The van der Waals surface area contributed by atoms with Gasteiger partial charge in [0.1, 0.15) is 6.04 Å². The van der Waals surface area contributed by atoms with Crippen LogP contribution in [0.1, 0.15) is 52.1 Å². The SMILES string of the molecule is CC(C)C1=CCCC(C(C)C)=C1NC(C#N)c1ccccc1. The molecule has 1 aromatic carbocycles. The highest BCUT2D eigenvalue weighted by molar-refractivity contribution is 5.41. The average Bonchev–Trinajstić information content (AvgIpc) is 2.52. The van der Waals surface area contributed by atoms with Crippen LogP contribution in [0.5, 0.6) is 0 Å². The van der Waals surface area contributed by atoms with Crippen molar-refractivity contribution in [2.45, 2.75) is 46.6 Å². The molecule has 0 saturated heterocycles. The summed E-state index contributed by atoms with van der Waals surface area (Å²) in [5.74, 6) is 0.965. The van der Waals surface area contributed by atoms with E-state index in [1.807, 2.05) is 30.3 Å².